The topological polar surface area (TPSA) is 56.7 Å². The van der Waals surface area contributed by atoms with Crippen molar-refractivity contribution in [1.82, 2.24) is 14.8 Å². The monoisotopic (exact) mass is 250 g/mol. The normalized spacial score (nSPS) is 31.8. The summed E-state index contributed by atoms with van der Waals surface area (Å²) in [6.07, 6.45) is 4.05. The Kier molecular flexibility index (Phi) is 3.49. The molecule has 1 aliphatic carbocycles. The molecule has 0 aromatic carbocycles. The lowest BCUT2D eigenvalue weighted by Gasteiger charge is -2.46. The van der Waals surface area contributed by atoms with Crippen LogP contribution in [0.4, 0.5) is 0 Å². The van der Waals surface area contributed by atoms with Gasteiger partial charge < -0.3 is 10.3 Å². The third-order valence-corrected chi connectivity index (χ3v) is 4.97. The summed E-state index contributed by atoms with van der Waals surface area (Å²) in [4.78, 5) is 0. The van der Waals surface area contributed by atoms with E-state index in [2.05, 4.69) is 49.4 Å². The molecule has 1 fully saturated rings. The number of hydrogen-bond acceptors (Lipinski definition) is 3. The van der Waals surface area contributed by atoms with Crippen molar-refractivity contribution in [3.05, 3.63) is 12.2 Å². The molecule has 2 N–H and O–H groups in total. The first-order chi connectivity index (χ1) is 8.35. The molecule has 0 radical (unpaired) electrons. The molecule has 4 nitrogen and oxygen atoms in total. The maximum Gasteiger partial charge on any atom is 0.136 e. The molecule has 4 heteroatoms. The van der Waals surface area contributed by atoms with Crippen molar-refractivity contribution in [3.63, 3.8) is 0 Å². The highest BCUT2D eigenvalue weighted by molar-refractivity contribution is 5.09. The van der Waals surface area contributed by atoms with E-state index in [4.69, 9.17) is 5.73 Å². The smallest absolute Gasteiger partial charge is 0.136 e. The second-order valence-corrected chi connectivity index (χ2v) is 6.59. The largest absolute Gasteiger partial charge is 0.327 e. The van der Waals surface area contributed by atoms with Crippen molar-refractivity contribution in [3.8, 4) is 0 Å². The van der Waals surface area contributed by atoms with Crippen LogP contribution in [0.3, 0.4) is 0 Å². The molecule has 1 saturated carbocycles. The van der Waals surface area contributed by atoms with E-state index in [1.54, 1.807) is 0 Å². The first-order valence-electron chi connectivity index (χ1n) is 7.00. The fraction of sp³-hybridized carbons (Fsp3) is 0.857. The van der Waals surface area contributed by atoms with E-state index in [9.17, 15) is 0 Å². The molecule has 3 atom stereocenters. The Morgan fingerprint density at radius 2 is 2.06 bits per heavy atom. The van der Waals surface area contributed by atoms with E-state index in [-0.39, 0.29) is 5.41 Å². The molecular weight excluding hydrogens is 224 g/mol. The molecule has 18 heavy (non-hydrogen) atoms. The zero-order valence-electron chi connectivity index (χ0n) is 12.2. The summed E-state index contributed by atoms with van der Waals surface area (Å²) in [7, 11) is 0. The molecule has 2 rings (SSSR count). The van der Waals surface area contributed by atoms with E-state index in [0.717, 1.165) is 18.7 Å². The van der Waals surface area contributed by atoms with Gasteiger partial charge in [-0.15, -0.1) is 10.2 Å². The number of nitrogens with zero attached hydrogens (tertiary/aromatic N) is 3. The van der Waals surface area contributed by atoms with Gasteiger partial charge in [0.25, 0.3) is 0 Å². The summed E-state index contributed by atoms with van der Waals surface area (Å²) in [5, 5.41) is 8.50. The molecule has 1 aromatic rings. The molecule has 0 saturated heterocycles. The van der Waals surface area contributed by atoms with Crippen molar-refractivity contribution in [1.29, 1.82) is 0 Å². The fourth-order valence-corrected chi connectivity index (χ4v) is 3.21. The van der Waals surface area contributed by atoms with Gasteiger partial charge in [-0.05, 0) is 38.0 Å². The molecule has 1 aliphatic rings. The fourth-order valence-electron chi connectivity index (χ4n) is 3.21. The minimum Gasteiger partial charge on any atom is -0.327 e. The zero-order chi connectivity index (χ0) is 13.5. The van der Waals surface area contributed by atoms with E-state index < -0.39 is 0 Å². The van der Waals surface area contributed by atoms with Crippen molar-refractivity contribution in [2.45, 2.75) is 65.5 Å². The predicted octanol–water partition coefficient (Wildman–Crippen LogP) is 2.73. The van der Waals surface area contributed by atoms with Gasteiger partial charge >= 0.3 is 0 Å². The molecule has 102 valence electrons. The lowest BCUT2D eigenvalue weighted by atomic mass is 9.61. The number of nitrogens with two attached hydrogens (primary N) is 1. The number of aromatic nitrogens is 3. The Hall–Kier alpha value is -0.900. The van der Waals surface area contributed by atoms with Crippen LogP contribution < -0.4 is 5.73 Å². The molecule has 0 amide bonds. The summed E-state index contributed by atoms with van der Waals surface area (Å²) < 4.78 is 2.20. The van der Waals surface area contributed by atoms with Crippen LogP contribution in [0.5, 0.6) is 0 Å². The third-order valence-electron chi connectivity index (χ3n) is 4.97. The van der Waals surface area contributed by atoms with Gasteiger partial charge in [0.2, 0.25) is 0 Å². The van der Waals surface area contributed by atoms with Crippen LogP contribution in [-0.2, 0) is 0 Å². The lowest BCUT2D eigenvalue weighted by molar-refractivity contribution is 0.0920. The van der Waals surface area contributed by atoms with E-state index >= 15 is 0 Å². The highest BCUT2D eigenvalue weighted by atomic mass is 15.3. The Labute approximate surface area is 110 Å². The first-order valence-corrected chi connectivity index (χ1v) is 7.00. The second kappa shape index (κ2) is 4.65. The number of hydrogen-bond donors (Lipinski definition) is 1. The molecule has 1 aromatic heterocycles. The van der Waals surface area contributed by atoms with Crippen LogP contribution in [0.15, 0.2) is 6.33 Å². The van der Waals surface area contributed by atoms with Crippen molar-refractivity contribution < 1.29 is 0 Å². The van der Waals surface area contributed by atoms with Crippen molar-refractivity contribution in [2.24, 2.45) is 17.1 Å². The molecule has 3 unspecified atom stereocenters. The third kappa shape index (κ3) is 2.07. The van der Waals surface area contributed by atoms with Crippen LogP contribution in [0.1, 0.15) is 65.2 Å². The SMILES string of the molecule is CC(C)n1cnnc1C1CCC(N)C(C)C1(C)C. The standard InChI is InChI=1S/C14H26N4/c1-9(2)18-8-16-17-13(18)11-6-7-12(15)10(3)14(11,4)5/h8-12H,6-7,15H2,1-5H3. The molecule has 0 aliphatic heterocycles. The quantitative estimate of drug-likeness (QED) is 0.878. The Bertz CT molecular complexity index is 408. The maximum atomic E-state index is 6.22. The number of rotatable bonds is 2. The van der Waals surface area contributed by atoms with Gasteiger partial charge in [0.05, 0.1) is 0 Å². The van der Waals surface area contributed by atoms with Gasteiger partial charge in [-0.2, -0.15) is 0 Å². The van der Waals surface area contributed by atoms with Gasteiger partial charge in [-0.1, -0.05) is 20.8 Å². The van der Waals surface area contributed by atoms with Gasteiger partial charge in [-0.25, -0.2) is 0 Å². The summed E-state index contributed by atoms with van der Waals surface area (Å²) >= 11 is 0. The molecule has 1 heterocycles. The van der Waals surface area contributed by atoms with Crippen LogP contribution in [0, 0.1) is 11.3 Å². The van der Waals surface area contributed by atoms with E-state index in [1.165, 1.54) is 0 Å². The summed E-state index contributed by atoms with van der Waals surface area (Å²) in [6.45, 7) is 11.3. The highest BCUT2D eigenvalue weighted by Crippen LogP contribution is 2.49. The first kappa shape index (κ1) is 13.5. The molecule has 0 spiro atoms. The minimum atomic E-state index is 0.178. The minimum absolute atomic E-state index is 0.178. The van der Waals surface area contributed by atoms with Crippen LogP contribution in [0.25, 0.3) is 0 Å². The van der Waals surface area contributed by atoms with Crippen LogP contribution in [-0.4, -0.2) is 20.8 Å². The summed E-state index contributed by atoms with van der Waals surface area (Å²) in [6, 6.07) is 0.725. The Morgan fingerprint density at radius 3 is 2.67 bits per heavy atom. The van der Waals surface area contributed by atoms with Crippen LogP contribution >= 0.6 is 0 Å². The Morgan fingerprint density at radius 1 is 1.39 bits per heavy atom. The molecule has 0 bridgehead atoms. The van der Waals surface area contributed by atoms with E-state index in [1.807, 2.05) is 6.33 Å². The molecular formula is C14H26N4. The summed E-state index contributed by atoms with van der Waals surface area (Å²) in [5.41, 5.74) is 6.40. The van der Waals surface area contributed by atoms with Gasteiger partial charge in [0, 0.05) is 18.0 Å². The van der Waals surface area contributed by atoms with Crippen molar-refractivity contribution >= 4 is 0 Å². The average Bonchev–Trinajstić information content (AvgIpc) is 2.75. The maximum absolute atomic E-state index is 6.22. The van der Waals surface area contributed by atoms with E-state index in [0.29, 0.717) is 23.9 Å². The van der Waals surface area contributed by atoms with Gasteiger partial charge in [0.15, 0.2) is 0 Å². The highest BCUT2D eigenvalue weighted by Gasteiger charge is 2.44. The predicted molar refractivity (Wildman–Crippen MR) is 73.3 cm³/mol. The average molecular weight is 250 g/mol. The lowest BCUT2D eigenvalue weighted by Crippen LogP contribution is -2.46. The summed E-state index contributed by atoms with van der Waals surface area (Å²) in [5.74, 6) is 2.10. The zero-order valence-corrected chi connectivity index (χ0v) is 12.2. The van der Waals surface area contributed by atoms with Gasteiger partial charge in [-0.3, -0.25) is 0 Å². The van der Waals surface area contributed by atoms with Crippen molar-refractivity contribution in [2.75, 3.05) is 0 Å². The van der Waals surface area contributed by atoms with Crippen LogP contribution in [0.2, 0.25) is 0 Å². The Balaban J connectivity index is 2.35. The second-order valence-electron chi connectivity index (χ2n) is 6.59. The van der Waals surface area contributed by atoms with Gasteiger partial charge in [0.1, 0.15) is 12.2 Å².